The van der Waals surface area contributed by atoms with Gasteiger partial charge in [0.1, 0.15) is 11.5 Å². The first-order valence-electron chi connectivity index (χ1n) is 5.50. The predicted molar refractivity (Wildman–Crippen MR) is 67.8 cm³/mol. The van der Waals surface area contributed by atoms with E-state index in [0.29, 0.717) is 6.04 Å². The Kier molecular flexibility index (Phi) is 3.46. The molecule has 0 bridgehead atoms. The average Bonchev–Trinajstić information content (AvgIpc) is 2.84. The summed E-state index contributed by atoms with van der Waals surface area (Å²) in [5.41, 5.74) is 0. The van der Waals surface area contributed by atoms with Gasteiger partial charge in [0.05, 0.1) is 6.54 Å². The highest BCUT2D eigenvalue weighted by atomic mass is 32.1. The van der Waals surface area contributed by atoms with Crippen molar-refractivity contribution in [2.75, 3.05) is 0 Å². The van der Waals surface area contributed by atoms with Gasteiger partial charge in [-0.1, -0.05) is 0 Å². The van der Waals surface area contributed by atoms with E-state index in [1.54, 1.807) is 0 Å². The van der Waals surface area contributed by atoms with E-state index in [1.165, 1.54) is 9.75 Å². The molecule has 0 aliphatic rings. The molecule has 0 radical (unpaired) electrons. The summed E-state index contributed by atoms with van der Waals surface area (Å²) in [5.74, 6) is 1.97. The maximum absolute atomic E-state index is 5.52. The number of nitrogens with one attached hydrogen (secondary N) is 1. The van der Waals surface area contributed by atoms with E-state index in [0.717, 1.165) is 18.1 Å². The predicted octanol–water partition coefficient (Wildman–Crippen LogP) is 3.81. The molecule has 0 amide bonds. The number of hydrogen-bond donors (Lipinski definition) is 1. The van der Waals surface area contributed by atoms with Gasteiger partial charge >= 0.3 is 0 Å². The van der Waals surface area contributed by atoms with Crippen LogP contribution in [0.5, 0.6) is 0 Å². The topological polar surface area (TPSA) is 25.2 Å². The first-order valence-corrected chi connectivity index (χ1v) is 6.32. The summed E-state index contributed by atoms with van der Waals surface area (Å²) in [6.07, 6.45) is 0. The highest BCUT2D eigenvalue weighted by Gasteiger charge is 2.07. The lowest BCUT2D eigenvalue weighted by atomic mass is 10.2. The van der Waals surface area contributed by atoms with Crippen LogP contribution in [0, 0.1) is 13.8 Å². The van der Waals surface area contributed by atoms with E-state index in [9.17, 15) is 0 Å². The zero-order valence-corrected chi connectivity index (χ0v) is 10.7. The lowest BCUT2D eigenvalue weighted by Crippen LogP contribution is -2.16. The minimum Gasteiger partial charge on any atom is -0.465 e. The summed E-state index contributed by atoms with van der Waals surface area (Å²) in [7, 11) is 0. The van der Waals surface area contributed by atoms with Gasteiger partial charge in [-0.2, -0.15) is 0 Å². The second-order valence-electron chi connectivity index (χ2n) is 4.06. The van der Waals surface area contributed by atoms with Gasteiger partial charge in [0.15, 0.2) is 0 Å². The van der Waals surface area contributed by atoms with E-state index in [4.69, 9.17) is 4.42 Å². The number of aryl methyl sites for hydroxylation is 2. The molecule has 2 heterocycles. The molecule has 86 valence electrons. The monoisotopic (exact) mass is 235 g/mol. The van der Waals surface area contributed by atoms with Crippen molar-refractivity contribution in [2.45, 2.75) is 33.4 Å². The minimum atomic E-state index is 0.379. The zero-order valence-electron chi connectivity index (χ0n) is 9.91. The van der Waals surface area contributed by atoms with E-state index >= 15 is 0 Å². The maximum Gasteiger partial charge on any atom is 0.117 e. The standard InChI is InChI=1S/C13H17NOS/c1-9-4-6-12(15-9)8-14-11(3)13-7-5-10(2)16-13/h4-7,11,14H,8H2,1-3H3. The Balaban J connectivity index is 1.91. The largest absolute Gasteiger partial charge is 0.465 e. The Hall–Kier alpha value is -1.06. The number of furan rings is 1. The van der Waals surface area contributed by atoms with Crippen molar-refractivity contribution in [3.63, 3.8) is 0 Å². The van der Waals surface area contributed by atoms with Gasteiger partial charge in [0, 0.05) is 15.8 Å². The molecule has 1 atom stereocenters. The van der Waals surface area contributed by atoms with Crippen LogP contribution in [0.3, 0.4) is 0 Å². The molecule has 0 aliphatic heterocycles. The molecule has 2 rings (SSSR count). The van der Waals surface area contributed by atoms with Crippen molar-refractivity contribution in [1.82, 2.24) is 5.32 Å². The summed E-state index contributed by atoms with van der Waals surface area (Å²) in [6, 6.07) is 8.75. The van der Waals surface area contributed by atoms with Crippen LogP contribution < -0.4 is 5.32 Å². The molecular weight excluding hydrogens is 218 g/mol. The summed E-state index contributed by atoms with van der Waals surface area (Å²) in [5, 5.41) is 3.46. The van der Waals surface area contributed by atoms with Gasteiger partial charge in [-0.05, 0) is 45.0 Å². The molecule has 1 N–H and O–H groups in total. The number of thiophene rings is 1. The Morgan fingerprint density at radius 3 is 2.62 bits per heavy atom. The first-order chi connectivity index (χ1) is 7.65. The fourth-order valence-electron chi connectivity index (χ4n) is 1.62. The van der Waals surface area contributed by atoms with Crippen LogP contribution in [0.15, 0.2) is 28.7 Å². The van der Waals surface area contributed by atoms with E-state index in [-0.39, 0.29) is 0 Å². The smallest absolute Gasteiger partial charge is 0.117 e. The maximum atomic E-state index is 5.52. The van der Waals surface area contributed by atoms with Crippen LogP contribution in [-0.2, 0) is 6.54 Å². The van der Waals surface area contributed by atoms with Gasteiger partial charge in [-0.15, -0.1) is 11.3 Å². The summed E-state index contributed by atoms with van der Waals surface area (Å²) >= 11 is 1.84. The minimum absolute atomic E-state index is 0.379. The Labute approximate surface area is 100 Å². The third kappa shape index (κ3) is 2.74. The molecule has 0 spiro atoms. The van der Waals surface area contributed by atoms with Crippen molar-refractivity contribution in [2.24, 2.45) is 0 Å². The van der Waals surface area contributed by atoms with Crippen molar-refractivity contribution in [3.8, 4) is 0 Å². The second-order valence-corrected chi connectivity index (χ2v) is 5.38. The van der Waals surface area contributed by atoms with E-state index in [2.05, 4.69) is 31.3 Å². The quantitative estimate of drug-likeness (QED) is 0.871. The molecule has 0 saturated carbocycles. The molecule has 0 aliphatic carbocycles. The van der Waals surface area contributed by atoms with Gasteiger partial charge in [-0.3, -0.25) is 0 Å². The molecule has 0 saturated heterocycles. The summed E-state index contributed by atoms with van der Waals surface area (Å²) in [4.78, 5) is 2.73. The molecule has 16 heavy (non-hydrogen) atoms. The number of hydrogen-bond acceptors (Lipinski definition) is 3. The third-order valence-corrected chi connectivity index (χ3v) is 3.75. The van der Waals surface area contributed by atoms with Gasteiger partial charge < -0.3 is 9.73 Å². The number of rotatable bonds is 4. The van der Waals surface area contributed by atoms with Crippen LogP contribution in [0.2, 0.25) is 0 Å². The Morgan fingerprint density at radius 1 is 1.25 bits per heavy atom. The summed E-state index contributed by atoms with van der Waals surface area (Å²) < 4.78 is 5.52. The molecule has 2 aromatic rings. The van der Waals surface area contributed by atoms with Crippen molar-refractivity contribution < 1.29 is 4.42 Å². The molecule has 0 fully saturated rings. The van der Waals surface area contributed by atoms with E-state index in [1.807, 2.05) is 30.4 Å². The van der Waals surface area contributed by atoms with Crippen LogP contribution in [0.4, 0.5) is 0 Å². The fourth-order valence-corrected chi connectivity index (χ4v) is 2.52. The molecule has 0 aromatic carbocycles. The highest BCUT2D eigenvalue weighted by molar-refractivity contribution is 7.12. The molecule has 2 nitrogen and oxygen atoms in total. The first kappa shape index (κ1) is 11.4. The molecular formula is C13H17NOS. The highest BCUT2D eigenvalue weighted by Crippen LogP contribution is 2.22. The lowest BCUT2D eigenvalue weighted by molar-refractivity contribution is 0.446. The molecule has 1 unspecified atom stereocenters. The van der Waals surface area contributed by atoms with Crippen molar-refractivity contribution in [1.29, 1.82) is 0 Å². The molecule has 3 heteroatoms. The van der Waals surface area contributed by atoms with Crippen LogP contribution >= 0.6 is 11.3 Å². The van der Waals surface area contributed by atoms with Crippen molar-refractivity contribution in [3.05, 3.63) is 45.5 Å². The zero-order chi connectivity index (χ0) is 11.5. The van der Waals surface area contributed by atoms with Crippen molar-refractivity contribution >= 4 is 11.3 Å². The van der Waals surface area contributed by atoms with Gasteiger partial charge in [0.2, 0.25) is 0 Å². The molecule has 2 aromatic heterocycles. The fraction of sp³-hybridized carbons (Fsp3) is 0.385. The third-order valence-electron chi connectivity index (χ3n) is 2.57. The van der Waals surface area contributed by atoms with Crippen LogP contribution in [0.25, 0.3) is 0 Å². The van der Waals surface area contributed by atoms with E-state index < -0.39 is 0 Å². The van der Waals surface area contributed by atoms with Gasteiger partial charge in [0.25, 0.3) is 0 Å². The second kappa shape index (κ2) is 4.85. The lowest BCUT2D eigenvalue weighted by Gasteiger charge is -2.10. The Morgan fingerprint density at radius 2 is 2.06 bits per heavy atom. The normalized spacial score (nSPS) is 12.9. The SMILES string of the molecule is Cc1ccc(CNC(C)c2ccc(C)s2)o1. The van der Waals surface area contributed by atoms with Crippen LogP contribution in [0.1, 0.15) is 34.2 Å². The Bertz CT molecular complexity index is 458. The van der Waals surface area contributed by atoms with Gasteiger partial charge in [-0.25, -0.2) is 0 Å². The average molecular weight is 235 g/mol. The van der Waals surface area contributed by atoms with Crippen LogP contribution in [-0.4, -0.2) is 0 Å². The summed E-state index contributed by atoms with van der Waals surface area (Å²) in [6.45, 7) is 7.07.